The summed E-state index contributed by atoms with van der Waals surface area (Å²) >= 11 is 0. The molecular formula is C16H24O3. The molecule has 0 aliphatic carbocycles. The van der Waals surface area contributed by atoms with Crippen molar-refractivity contribution in [3.05, 3.63) is 35.4 Å². The summed E-state index contributed by atoms with van der Waals surface area (Å²) in [5.41, 5.74) is 2.89. The van der Waals surface area contributed by atoms with Gasteiger partial charge in [0.15, 0.2) is 0 Å². The molecule has 0 heterocycles. The van der Waals surface area contributed by atoms with Crippen molar-refractivity contribution in [1.29, 1.82) is 0 Å². The molecule has 0 bridgehead atoms. The van der Waals surface area contributed by atoms with Crippen LogP contribution in [0.15, 0.2) is 24.3 Å². The molecule has 3 heteroatoms. The summed E-state index contributed by atoms with van der Waals surface area (Å²) in [4.78, 5) is 10.1. The SMILES string of the molecule is CC(C)(C)c1ccc(CCCCCOC(=O)O)cc1. The third-order valence-electron chi connectivity index (χ3n) is 3.16. The molecule has 0 amide bonds. The van der Waals surface area contributed by atoms with Crippen LogP contribution in [0.25, 0.3) is 0 Å². The average Bonchev–Trinajstić information content (AvgIpc) is 2.32. The van der Waals surface area contributed by atoms with E-state index < -0.39 is 6.16 Å². The second-order valence-electron chi connectivity index (χ2n) is 5.87. The summed E-state index contributed by atoms with van der Waals surface area (Å²) in [5.74, 6) is 0. The number of hydrogen-bond acceptors (Lipinski definition) is 2. The minimum atomic E-state index is -1.18. The number of carboxylic acid groups (broad SMARTS) is 1. The van der Waals surface area contributed by atoms with Gasteiger partial charge in [-0.1, -0.05) is 45.0 Å². The normalized spacial score (nSPS) is 11.3. The van der Waals surface area contributed by atoms with Crippen molar-refractivity contribution in [2.24, 2.45) is 0 Å². The number of ether oxygens (including phenoxy) is 1. The number of hydrogen-bond donors (Lipinski definition) is 1. The molecular weight excluding hydrogens is 240 g/mol. The van der Waals surface area contributed by atoms with Gasteiger partial charge in [-0.05, 0) is 42.2 Å². The largest absolute Gasteiger partial charge is 0.505 e. The predicted octanol–water partition coefficient (Wildman–Crippen LogP) is 4.39. The maximum atomic E-state index is 10.1. The first-order valence-electron chi connectivity index (χ1n) is 6.85. The molecule has 0 saturated carbocycles. The molecule has 1 N–H and O–H groups in total. The molecule has 0 fully saturated rings. The van der Waals surface area contributed by atoms with Crippen LogP contribution < -0.4 is 0 Å². The highest BCUT2D eigenvalue weighted by Crippen LogP contribution is 2.22. The van der Waals surface area contributed by atoms with Gasteiger partial charge in [0.2, 0.25) is 0 Å². The zero-order valence-electron chi connectivity index (χ0n) is 12.1. The molecule has 0 aliphatic heterocycles. The minimum Gasteiger partial charge on any atom is -0.450 e. The monoisotopic (exact) mass is 264 g/mol. The molecule has 1 rings (SSSR count). The van der Waals surface area contributed by atoms with E-state index in [1.165, 1.54) is 11.1 Å². The smallest absolute Gasteiger partial charge is 0.450 e. The van der Waals surface area contributed by atoms with Gasteiger partial charge >= 0.3 is 6.16 Å². The predicted molar refractivity (Wildman–Crippen MR) is 76.7 cm³/mol. The molecule has 106 valence electrons. The lowest BCUT2D eigenvalue weighted by Crippen LogP contribution is -2.10. The van der Waals surface area contributed by atoms with Crippen molar-refractivity contribution < 1.29 is 14.6 Å². The molecule has 0 radical (unpaired) electrons. The average molecular weight is 264 g/mol. The Morgan fingerprint density at radius 3 is 2.26 bits per heavy atom. The van der Waals surface area contributed by atoms with E-state index in [9.17, 15) is 4.79 Å². The van der Waals surface area contributed by atoms with Gasteiger partial charge in [-0.2, -0.15) is 0 Å². The van der Waals surface area contributed by atoms with Gasteiger partial charge in [0.1, 0.15) is 0 Å². The van der Waals surface area contributed by atoms with Crippen LogP contribution >= 0.6 is 0 Å². The molecule has 19 heavy (non-hydrogen) atoms. The van der Waals surface area contributed by atoms with E-state index in [1.807, 2.05) is 0 Å². The van der Waals surface area contributed by atoms with Crippen LogP contribution in [0.2, 0.25) is 0 Å². The van der Waals surface area contributed by atoms with Crippen molar-refractivity contribution in [3.63, 3.8) is 0 Å². The van der Waals surface area contributed by atoms with Gasteiger partial charge in [0, 0.05) is 0 Å². The summed E-state index contributed by atoms with van der Waals surface area (Å²) in [5, 5.41) is 8.32. The van der Waals surface area contributed by atoms with Crippen molar-refractivity contribution in [2.75, 3.05) is 6.61 Å². The van der Waals surface area contributed by atoms with E-state index in [0.29, 0.717) is 6.61 Å². The fourth-order valence-corrected chi connectivity index (χ4v) is 1.94. The lowest BCUT2D eigenvalue weighted by molar-refractivity contribution is 0.0900. The van der Waals surface area contributed by atoms with E-state index in [0.717, 1.165) is 25.7 Å². The van der Waals surface area contributed by atoms with E-state index in [-0.39, 0.29) is 5.41 Å². The summed E-state index contributed by atoms with van der Waals surface area (Å²) in [6.07, 6.45) is 2.72. The Hall–Kier alpha value is -1.51. The van der Waals surface area contributed by atoms with E-state index >= 15 is 0 Å². The molecule has 0 saturated heterocycles. The topological polar surface area (TPSA) is 46.5 Å². The number of rotatable bonds is 6. The van der Waals surface area contributed by atoms with Gasteiger partial charge < -0.3 is 9.84 Å². The van der Waals surface area contributed by atoms with Crippen LogP contribution in [0.4, 0.5) is 4.79 Å². The fraction of sp³-hybridized carbons (Fsp3) is 0.562. The second-order valence-corrected chi connectivity index (χ2v) is 5.87. The van der Waals surface area contributed by atoms with Crippen molar-refractivity contribution >= 4 is 6.16 Å². The maximum absolute atomic E-state index is 10.1. The zero-order chi connectivity index (χ0) is 14.3. The molecule has 1 aromatic rings. The number of unbranched alkanes of at least 4 members (excludes halogenated alkanes) is 2. The van der Waals surface area contributed by atoms with Gasteiger partial charge in [-0.3, -0.25) is 0 Å². The first kappa shape index (κ1) is 15.5. The molecule has 0 aliphatic rings. The Labute approximate surface area is 115 Å². The highest BCUT2D eigenvalue weighted by atomic mass is 16.7. The molecule has 0 aromatic heterocycles. The summed E-state index contributed by atoms with van der Waals surface area (Å²) in [7, 11) is 0. The molecule has 0 unspecified atom stereocenters. The standard InChI is InChI=1S/C16H24O3/c1-16(2,3)14-10-8-13(9-11-14)7-5-4-6-12-19-15(17)18/h8-11H,4-7,12H2,1-3H3,(H,17,18). The van der Waals surface area contributed by atoms with Crippen molar-refractivity contribution in [3.8, 4) is 0 Å². The fourth-order valence-electron chi connectivity index (χ4n) is 1.94. The number of benzene rings is 1. The summed E-state index contributed by atoms with van der Waals surface area (Å²) in [6.45, 7) is 6.94. The van der Waals surface area contributed by atoms with Crippen LogP contribution in [-0.2, 0) is 16.6 Å². The molecule has 0 atom stereocenters. The van der Waals surface area contributed by atoms with Gasteiger partial charge in [-0.25, -0.2) is 4.79 Å². The lowest BCUT2D eigenvalue weighted by Gasteiger charge is -2.19. The first-order chi connectivity index (χ1) is 8.89. The van der Waals surface area contributed by atoms with E-state index in [2.05, 4.69) is 49.8 Å². The minimum absolute atomic E-state index is 0.201. The highest BCUT2D eigenvalue weighted by Gasteiger charge is 2.12. The molecule has 3 nitrogen and oxygen atoms in total. The molecule has 1 aromatic carbocycles. The van der Waals surface area contributed by atoms with Crippen LogP contribution in [0.5, 0.6) is 0 Å². The van der Waals surface area contributed by atoms with Crippen molar-refractivity contribution in [2.45, 2.75) is 51.9 Å². The summed E-state index contributed by atoms with van der Waals surface area (Å²) < 4.78 is 4.46. The summed E-state index contributed by atoms with van der Waals surface area (Å²) in [6, 6.07) is 8.77. The Morgan fingerprint density at radius 1 is 1.11 bits per heavy atom. The number of aryl methyl sites for hydroxylation is 1. The molecule has 0 spiro atoms. The van der Waals surface area contributed by atoms with Crippen LogP contribution in [0, 0.1) is 0 Å². The number of carbonyl (C=O) groups is 1. The third-order valence-corrected chi connectivity index (χ3v) is 3.16. The van der Waals surface area contributed by atoms with Gasteiger partial charge in [0.25, 0.3) is 0 Å². The Kier molecular flexibility index (Phi) is 5.87. The van der Waals surface area contributed by atoms with Crippen molar-refractivity contribution in [1.82, 2.24) is 0 Å². The Bertz CT molecular complexity index is 387. The van der Waals surface area contributed by atoms with Gasteiger partial charge in [0.05, 0.1) is 6.61 Å². The zero-order valence-corrected chi connectivity index (χ0v) is 12.1. The van der Waals surface area contributed by atoms with Crippen LogP contribution in [0.3, 0.4) is 0 Å². The Morgan fingerprint density at radius 2 is 1.74 bits per heavy atom. The van der Waals surface area contributed by atoms with Crippen LogP contribution in [0.1, 0.15) is 51.2 Å². The van der Waals surface area contributed by atoms with E-state index in [1.54, 1.807) is 0 Å². The van der Waals surface area contributed by atoms with Gasteiger partial charge in [-0.15, -0.1) is 0 Å². The maximum Gasteiger partial charge on any atom is 0.505 e. The quantitative estimate of drug-likeness (QED) is 0.612. The third kappa shape index (κ3) is 6.27. The van der Waals surface area contributed by atoms with E-state index in [4.69, 9.17) is 5.11 Å². The first-order valence-corrected chi connectivity index (χ1v) is 6.85. The second kappa shape index (κ2) is 7.17. The van der Waals surface area contributed by atoms with Crippen LogP contribution in [-0.4, -0.2) is 17.9 Å². The Balaban J connectivity index is 2.25. The highest BCUT2D eigenvalue weighted by molar-refractivity contribution is 5.56. The lowest BCUT2D eigenvalue weighted by atomic mass is 9.86.